The highest BCUT2D eigenvalue weighted by Crippen LogP contribution is 2.30. The summed E-state index contributed by atoms with van der Waals surface area (Å²) >= 11 is 1.43. The molecule has 0 bridgehead atoms. The van der Waals surface area contributed by atoms with Gasteiger partial charge in [-0.3, -0.25) is 9.59 Å². The first kappa shape index (κ1) is 24.4. The van der Waals surface area contributed by atoms with E-state index in [4.69, 9.17) is 0 Å². The lowest BCUT2D eigenvalue weighted by molar-refractivity contribution is -0.127. The molecule has 0 spiro atoms. The molecule has 2 N–H and O–H groups in total. The average molecular weight is 484 g/mol. The van der Waals surface area contributed by atoms with Gasteiger partial charge in [0, 0.05) is 10.4 Å². The molecule has 1 heterocycles. The van der Waals surface area contributed by atoms with Crippen molar-refractivity contribution in [2.45, 2.75) is 32.7 Å². The lowest BCUT2D eigenvalue weighted by Gasteiger charge is -2.25. The van der Waals surface area contributed by atoms with Crippen molar-refractivity contribution in [1.29, 1.82) is 0 Å². The van der Waals surface area contributed by atoms with E-state index in [-0.39, 0.29) is 17.7 Å². The van der Waals surface area contributed by atoms with Gasteiger partial charge in [0.2, 0.25) is 11.8 Å². The summed E-state index contributed by atoms with van der Waals surface area (Å²) in [6, 6.07) is 28.4. The van der Waals surface area contributed by atoms with E-state index in [0.29, 0.717) is 5.13 Å². The molecule has 5 nitrogen and oxygen atoms in total. The van der Waals surface area contributed by atoms with Crippen molar-refractivity contribution in [2.24, 2.45) is 5.92 Å². The largest absolute Gasteiger partial charge is 0.343 e. The number of thiazole rings is 1. The number of rotatable bonds is 8. The van der Waals surface area contributed by atoms with Gasteiger partial charge in [-0.15, -0.1) is 11.3 Å². The molecule has 0 saturated carbocycles. The highest BCUT2D eigenvalue weighted by Gasteiger charge is 2.30. The third-order valence-corrected chi connectivity index (χ3v) is 6.74. The van der Waals surface area contributed by atoms with Gasteiger partial charge in [-0.1, -0.05) is 105 Å². The number of nitrogens with zero attached hydrogens (tertiary/aromatic N) is 1. The minimum atomic E-state index is -0.707. The fraction of sp³-hybridized carbons (Fsp3) is 0.207. The Kier molecular flexibility index (Phi) is 7.73. The van der Waals surface area contributed by atoms with E-state index >= 15 is 0 Å². The first-order valence-electron chi connectivity index (χ1n) is 11.7. The second-order valence-electron chi connectivity index (χ2n) is 8.76. The molecule has 4 rings (SSSR count). The summed E-state index contributed by atoms with van der Waals surface area (Å²) in [5.41, 5.74) is 3.61. The number of aromatic nitrogens is 1. The van der Waals surface area contributed by atoms with Crippen LogP contribution in [0.2, 0.25) is 0 Å². The molecule has 0 radical (unpaired) electrons. The van der Waals surface area contributed by atoms with Crippen LogP contribution in [0.3, 0.4) is 0 Å². The predicted octanol–water partition coefficient (Wildman–Crippen LogP) is 6.03. The zero-order valence-corrected chi connectivity index (χ0v) is 20.9. The Morgan fingerprint density at radius 3 is 1.80 bits per heavy atom. The maximum atomic E-state index is 13.6. The molecule has 0 fully saturated rings. The van der Waals surface area contributed by atoms with Crippen molar-refractivity contribution in [3.05, 3.63) is 107 Å². The third-order valence-electron chi connectivity index (χ3n) is 5.85. The standard InChI is InChI=1S/C29H29N3O2S/c1-19(2)25(28(34)32-29-31-26(20(3)35-29)23-17-11-6-12-18-23)30-27(33)24(21-13-7-4-8-14-21)22-15-9-5-10-16-22/h4-19,24-25H,1-3H3,(H,30,33)(H,31,32,34)/t25-/m0/s1. The highest BCUT2D eigenvalue weighted by molar-refractivity contribution is 7.16. The van der Waals surface area contributed by atoms with Gasteiger partial charge in [0.15, 0.2) is 5.13 Å². The van der Waals surface area contributed by atoms with Crippen molar-refractivity contribution in [1.82, 2.24) is 10.3 Å². The monoisotopic (exact) mass is 483 g/mol. The van der Waals surface area contributed by atoms with Gasteiger partial charge in [-0.25, -0.2) is 4.98 Å². The van der Waals surface area contributed by atoms with Crippen molar-refractivity contribution in [3.63, 3.8) is 0 Å². The minimum absolute atomic E-state index is 0.110. The lowest BCUT2D eigenvalue weighted by atomic mass is 9.89. The molecule has 35 heavy (non-hydrogen) atoms. The molecule has 0 aliphatic carbocycles. The number of benzene rings is 3. The van der Waals surface area contributed by atoms with Crippen LogP contribution in [0, 0.1) is 12.8 Å². The lowest BCUT2D eigenvalue weighted by Crippen LogP contribution is -2.48. The summed E-state index contributed by atoms with van der Waals surface area (Å²) in [4.78, 5) is 32.5. The van der Waals surface area contributed by atoms with Gasteiger partial charge in [0.1, 0.15) is 6.04 Å². The maximum absolute atomic E-state index is 13.6. The number of anilines is 1. The van der Waals surface area contributed by atoms with Crippen molar-refractivity contribution < 1.29 is 9.59 Å². The third kappa shape index (κ3) is 5.84. The molecule has 1 atom stereocenters. The number of hydrogen-bond donors (Lipinski definition) is 2. The molecule has 4 aromatic rings. The fourth-order valence-corrected chi connectivity index (χ4v) is 4.89. The van der Waals surface area contributed by atoms with Crippen LogP contribution in [0.15, 0.2) is 91.0 Å². The Bertz CT molecular complexity index is 1230. The Balaban J connectivity index is 1.54. The number of carbonyl (C=O) groups is 2. The van der Waals surface area contributed by atoms with Gasteiger partial charge < -0.3 is 10.6 Å². The van der Waals surface area contributed by atoms with Crippen LogP contribution in [0.5, 0.6) is 0 Å². The summed E-state index contributed by atoms with van der Waals surface area (Å²) < 4.78 is 0. The Labute approximate surface area is 210 Å². The molecule has 1 aromatic heterocycles. The van der Waals surface area contributed by atoms with E-state index in [9.17, 15) is 9.59 Å². The van der Waals surface area contributed by atoms with Crippen LogP contribution in [-0.4, -0.2) is 22.8 Å². The van der Waals surface area contributed by atoms with Crippen LogP contribution in [0.25, 0.3) is 11.3 Å². The fourth-order valence-electron chi connectivity index (χ4n) is 4.05. The Morgan fingerprint density at radius 1 is 0.771 bits per heavy atom. The SMILES string of the molecule is Cc1sc(NC(=O)[C@@H](NC(=O)C(c2ccccc2)c2ccccc2)C(C)C)nc1-c1ccccc1. The van der Waals surface area contributed by atoms with E-state index in [0.717, 1.165) is 27.3 Å². The molecule has 3 aromatic carbocycles. The smallest absolute Gasteiger partial charge is 0.248 e. The number of amides is 2. The molecular formula is C29H29N3O2S. The average Bonchev–Trinajstić information content (AvgIpc) is 3.24. The second kappa shape index (κ2) is 11.1. The van der Waals surface area contributed by atoms with E-state index in [2.05, 4.69) is 15.6 Å². The Morgan fingerprint density at radius 2 is 1.29 bits per heavy atom. The van der Waals surface area contributed by atoms with E-state index < -0.39 is 12.0 Å². The van der Waals surface area contributed by atoms with Gasteiger partial charge in [-0.2, -0.15) is 0 Å². The zero-order chi connectivity index (χ0) is 24.8. The van der Waals surface area contributed by atoms with Crippen molar-refractivity contribution in [3.8, 4) is 11.3 Å². The van der Waals surface area contributed by atoms with Gasteiger partial charge in [0.05, 0.1) is 11.6 Å². The van der Waals surface area contributed by atoms with Crippen molar-refractivity contribution in [2.75, 3.05) is 5.32 Å². The Hall–Kier alpha value is -3.77. The molecule has 2 amide bonds. The number of hydrogen-bond acceptors (Lipinski definition) is 4. The molecule has 0 aliphatic heterocycles. The van der Waals surface area contributed by atoms with Gasteiger partial charge in [0.25, 0.3) is 0 Å². The molecule has 6 heteroatoms. The summed E-state index contributed by atoms with van der Waals surface area (Å²) in [6.45, 7) is 5.84. The number of aryl methyl sites for hydroxylation is 1. The molecule has 178 valence electrons. The molecule has 0 aliphatic rings. The molecule has 0 unspecified atom stereocenters. The quantitative estimate of drug-likeness (QED) is 0.321. The topological polar surface area (TPSA) is 71.1 Å². The maximum Gasteiger partial charge on any atom is 0.248 e. The van der Waals surface area contributed by atoms with Crippen LogP contribution < -0.4 is 10.6 Å². The first-order valence-corrected chi connectivity index (χ1v) is 12.5. The van der Waals surface area contributed by atoms with E-state index in [1.165, 1.54) is 11.3 Å². The minimum Gasteiger partial charge on any atom is -0.343 e. The van der Waals surface area contributed by atoms with E-state index in [1.54, 1.807) is 0 Å². The van der Waals surface area contributed by atoms with Crippen LogP contribution in [-0.2, 0) is 9.59 Å². The van der Waals surface area contributed by atoms with Crippen LogP contribution in [0.4, 0.5) is 5.13 Å². The summed E-state index contributed by atoms with van der Waals surface area (Å²) in [7, 11) is 0. The van der Waals surface area contributed by atoms with Crippen LogP contribution in [0.1, 0.15) is 35.8 Å². The first-order chi connectivity index (χ1) is 16.9. The van der Waals surface area contributed by atoms with E-state index in [1.807, 2.05) is 112 Å². The molecular weight excluding hydrogens is 454 g/mol. The van der Waals surface area contributed by atoms with Gasteiger partial charge in [-0.05, 0) is 24.0 Å². The van der Waals surface area contributed by atoms with Gasteiger partial charge >= 0.3 is 0 Å². The molecule has 0 saturated heterocycles. The summed E-state index contributed by atoms with van der Waals surface area (Å²) in [6.07, 6.45) is 0. The zero-order valence-electron chi connectivity index (χ0n) is 20.1. The second-order valence-corrected chi connectivity index (χ2v) is 9.97. The van der Waals surface area contributed by atoms with Crippen LogP contribution >= 0.6 is 11.3 Å². The number of nitrogens with one attached hydrogen (secondary N) is 2. The summed E-state index contributed by atoms with van der Waals surface area (Å²) in [5.74, 6) is -1.11. The number of carbonyl (C=O) groups excluding carboxylic acids is 2. The predicted molar refractivity (Wildman–Crippen MR) is 142 cm³/mol. The summed E-state index contributed by atoms with van der Waals surface area (Å²) in [5, 5.41) is 6.47. The highest BCUT2D eigenvalue weighted by atomic mass is 32.1. The van der Waals surface area contributed by atoms with Crippen molar-refractivity contribution >= 4 is 28.3 Å². The normalized spacial score (nSPS) is 11.9.